The van der Waals surface area contributed by atoms with E-state index in [0.29, 0.717) is 39.0 Å². The average molecular weight is 561 g/mol. The molecular weight excluding hydrogens is 542 g/mol. The Morgan fingerprint density at radius 1 is 1.03 bits per heavy atom. The van der Waals surface area contributed by atoms with Gasteiger partial charge < -0.3 is 9.47 Å². The van der Waals surface area contributed by atoms with E-state index in [9.17, 15) is 4.79 Å². The zero-order valence-corrected chi connectivity index (χ0v) is 21.6. The third-order valence-electron chi connectivity index (χ3n) is 4.75. The fraction of sp³-hybridized carbons (Fsp3) is 0.120. The highest BCUT2D eigenvalue weighted by molar-refractivity contribution is 9.10. The van der Waals surface area contributed by atoms with E-state index in [1.165, 1.54) is 11.8 Å². The van der Waals surface area contributed by atoms with Crippen LogP contribution in [0.3, 0.4) is 0 Å². The topological polar surface area (TPSA) is 38.8 Å². The number of amides is 1. The fourth-order valence-corrected chi connectivity index (χ4v) is 4.86. The second-order valence-electron chi connectivity index (χ2n) is 7.05. The van der Waals surface area contributed by atoms with Crippen LogP contribution in [0.4, 0.5) is 5.69 Å². The predicted octanol–water partition coefficient (Wildman–Crippen LogP) is 7.49. The monoisotopic (exact) mass is 559 g/mol. The highest BCUT2D eigenvalue weighted by Crippen LogP contribution is 2.37. The quantitative estimate of drug-likeness (QED) is 0.221. The Morgan fingerprint density at radius 3 is 2.45 bits per heavy atom. The van der Waals surface area contributed by atoms with Crippen LogP contribution in [0.1, 0.15) is 18.1 Å². The molecule has 3 aromatic rings. The predicted molar refractivity (Wildman–Crippen MR) is 143 cm³/mol. The summed E-state index contributed by atoms with van der Waals surface area (Å²) < 4.78 is 13.2. The summed E-state index contributed by atoms with van der Waals surface area (Å²) in [6.45, 7) is 2.80. The number of benzene rings is 3. The van der Waals surface area contributed by atoms with Gasteiger partial charge in [-0.05, 0) is 72.7 Å². The molecule has 0 unspecified atom stereocenters. The number of carbonyl (C=O) groups excluding carboxylic acids is 1. The van der Waals surface area contributed by atoms with Gasteiger partial charge in [0.15, 0.2) is 15.8 Å². The molecule has 4 rings (SSSR count). The maximum absolute atomic E-state index is 13.0. The van der Waals surface area contributed by atoms with Crippen LogP contribution in [-0.2, 0) is 11.4 Å². The number of carbonyl (C=O) groups is 1. The molecule has 8 heteroatoms. The lowest BCUT2D eigenvalue weighted by Gasteiger charge is -2.14. The van der Waals surface area contributed by atoms with E-state index in [1.54, 1.807) is 4.90 Å². The maximum Gasteiger partial charge on any atom is 0.270 e. The number of halogens is 2. The average Bonchev–Trinajstić information content (AvgIpc) is 3.08. The van der Waals surface area contributed by atoms with E-state index >= 15 is 0 Å². The fourth-order valence-electron chi connectivity index (χ4n) is 3.18. The molecule has 1 amide bonds. The van der Waals surface area contributed by atoms with Crippen LogP contribution in [-0.4, -0.2) is 16.8 Å². The van der Waals surface area contributed by atoms with Crippen molar-refractivity contribution in [3.8, 4) is 11.5 Å². The number of rotatable bonds is 7. The Kier molecular flexibility index (Phi) is 7.75. The first-order valence-electron chi connectivity index (χ1n) is 10.1. The number of anilines is 1. The maximum atomic E-state index is 13.0. The second-order valence-corrected chi connectivity index (χ2v) is 10.1. The molecule has 1 aliphatic heterocycles. The van der Waals surface area contributed by atoms with E-state index in [0.717, 1.165) is 21.3 Å². The molecule has 33 heavy (non-hydrogen) atoms. The Balaban J connectivity index is 1.54. The van der Waals surface area contributed by atoms with Gasteiger partial charge in [0, 0.05) is 9.50 Å². The van der Waals surface area contributed by atoms with Crippen molar-refractivity contribution in [3.63, 3.8) is 0 Å². The molecule has 0 spiro atoms. The summed E-state index contributed by atoms with van der Waals surface area (Å²) in [5.41, 5.74) is 2.57. The number of thiocarbonyl (C=S) groups is 1. The van der Waals surface area contributed by atoms with Gasteiger partial charge in [0.2, 0.25) is 0 Å². The number of hydrogen-bond acceptors (Lipinski definition) is 5. The van der Waals surface area contributed by atoms with E-state index in [-0.39, 0.29) is 5.91 Å². The van der Waals surface area contributed by atoms with E-state index in [4.69, 9.17) is 33.3 Å². The Hall–Kier alpha value is -2.32. The van der Waals surface area contributed by atoms with Gasteiger partial charge in [0.25, 0.3) is 5.91 Å². The second kappa shape index (κ2) is 10.7. The van der Waals surface area contributed by atoms with Crippen molar-refractivity contribution < 1.29 is 14.3 Å². The smallest absolute Gasteiger partial charge is 0.270 e. The summed E-state index contributed by atoms with van der Waals surface area (Å²) in [5, 5.41) is 0.684. The van der Waals surface area contributed by atoms with Crippen LogP contribution in [0.15, 0.2) is 76.1 Å². The van der Waals surface area contributed by atoms with Crippen LogP contribution >= 0.6 is 51.5 Å². The number of thioether (sulfide) groups is 1. The summed E-state index contributed by atoms with van der Waals surface area (Å²) in [6.07, 6.45) is 1.82. The Labute approximate surface area is 215 Å². The SMILES string of the molecule is CCOc1cc(/C=C2/SC(=S)N(c3ccc(Br)cc3)C2=O)ccc1OCc1ccc(Cl)cc1. The van der Waals surface area contributed by atoms with Gasteiger partial charge in [-0.3, -0.25) is 9.69 Å². The normalized spacial score (nSPS) is 14.8. The largest absolute Gasteiger partial charge is 0.490 e. The summed E-state index contributed by atoms with van der Waals surface area (Å²) in [5.74, 6) is 1.10. The lowest BCUT2D eigenvalue weighted by Crippen LogP contribution is -2.27. The van der Waals surface area contributed by atoms with Crippen LogP contribution in [0, 0.1) is 0 Å². The molecule has 1 heterocycles. The van der Waals surface area contributed by atoms with Gasteiger partial charge in [0.05, 0.1) is 17.2 Å². The first-order chi connectivity index (χ1) is 15.9. The molecule has 4 nitrogen and oxygen atoms in total. The standard InChI is InChI=1S/C25H19BrClNO3S2/c1-2-30-22-13-17(5-12-21(22)31-15-16-3-8-19(27)9-4-16)14-23-24(29)28(25(32)33-23)20-10-6-18(26)7-11-20/h3-14H,2,15H2,1H3/b23-14+. The van der Waals surface area contributed by atoms with E-state index < -0.39 is 0 Å². The molecule has 0 N–H and O–H groups in total. The summed E-state index contributed by atoms with van der Waals surface area (Å²) >= 11 is 16.1. The molecule has 0 radical (unpaired) electrons. The van der Waals surface area contributed by atoms with E-state index in [1.807, 2.05) is 79.7 Å². The van der Waals surface area contributed by atoms with Crippen molar-refractivity contribution in [2.24, 2.45) is 0 Å². The minimum atomic E-state index is -0.145. The zero-order chi connectivity index (χ0) is 23.4. The summed E-state index contributed by atoms with van der Waals surface area (Å²) in [7, 11) is 0. The molecule has 3 aromatic carbocycles. The van der Waals surface area contributed by atoms with Crippen molar-refractivity contribution in [3.05, 3.63) is 92.3 Å². The van der Waals surface area contributed by atoms with Crippen molar-refractivity contribution in [1.82, 2.24) is 0 Å². The lowest BCUT2D eigenvalue weighted by molar-refractivity contribution is -0.113. The summed E-state index contributed by atoms with van der Waals surface area (Å²) in [4.78, 5) is 15.1. The van der Waals surface area contributed by atoms with Gasteiger partial charge in [-0.2, -0.15) is 0 Å². The van der Waals surface area contributed by atoms with Crippen molar-refractivity contribution in [1.29, 1.82) is 0 Å². The molecule has 0 aliphatic carbocycles. The minimum absolute atomic E-state index is 0.145. The van der Waals surface area contributed by atoms with Crippen molar-refractivity contribution in [2.75, 3.05) is 11.5 Å². The van der Waals surface area contributed by atoms with E-state index in [2.05, 4.69) is 15.9 Å². The van der Waals surface area contributed by atoms with Gasteiger partial charge in [-0.25, -0.2) is 0 Å². The van der Waals surface area contributed by atoms with Crippen LogP contribution in [0.2, 0.25) is 5.02 Å². The number of nitrogens with zero attached hydrogens (tertiary/aromatic N) is 1. The van der Waals surface area contributed by atoms with Crippen molar-refractivity contribution >= 4 is 73.5 Å². The molecule has 0 bridgehead atoms. The third kappa shape index (κ3) is 5.79. The molecule has 168 valence electrons. The Morgan fingerprint density at radius 2 is 1.76 bits per heavy atom. The molecule has 0 saturated carbocycles. The van der Waals surface area contributed by atoms with Crippen molar-refractivity contribution in [2.45, 2.75) is 13.5 Å². The number of hydrogen-bond donors (Lipinski definition) is 0. The highest BCUT2D eigenvalue weighted by Gasteiger charge is 2.33. The van der Waals surface area contributed by atoms with Gasteiger partial charge in [0.1, 0.15) is 6.61 Å². The Bertz CT molecular complexity index is 1210. The van der Waals surface area contributed by atoms with Gasteiger partial charge >= 0.3 is 0 Å². The van der Waals surface area contributed by atoms with Gasteiger partial charge in [-0.15, -0.1) is 0 Å². The summed E-state index contributed by atoms with van der Waals surface area (Å²) in [6, 6.07) is 20.6. The minimum Gasteiger partial charge on any atom is -0.490 e. The first-order valence-corrected chi connectivity index (χ1v) is 12.5. The molecule has 1 saturated heterocycles. The molecule has 0 atom stereocenters. The molecular formula is C25H19BrClNO3S2. The number of ether oxygens (including phenoxy) is 2. The molecule has 1 fully saturated rings. The first kappa shape index (κ1) is 23.8. The lowest BCUT2D eigenvalue weighted by atomic mass is 10.1. The zero-order valence-electron chi connectivity index (χ0n) is 17.6. The van der Waals surface area contributed by atoms with Crippen LogP contribution in [0.5, 0.6) is 11.5 Å². The van der Waals surface area contributed by atoms with Crippen LogP contribution < -0.4 is 14.4 Å². The van der Waals surface area contributed by atoms with Crippen LogP contribution in [0.25, 0.3) is 6.08 Å². The molecule has 0 aromatic heterocycles. The third-order valence-corrected chi connectivity index (χ3v) is 6.83. The molecule has 1 aliphatic rings. The van der Waals surface area contributed by atoms with Gasteiger partial charge in [-0.1, -0.05) is 69.7 Å². The highest BCUT2D eigenvalue weighted by atomic mass is 79.9.